The molecule has 14 heavy (non-hydrogen) atoms. The highest BCUT2D eigenvalue weighted by Crippen LogP contribution is 2.29. The molecule has 0 aromatic heterocycles. The molecule has 0 amide bonds. The molecule has 2 rings (SSSR count). The molecule has 1 aliphatic carbocycles. The van der Waals surface area contributed by atoms with Crippen LogP contribution in [0.15, 0.2) is 12.1 Å². The molecule has 0 heterocycles. The number of hydrogen-bond donors (Lipinski definition) is 1. The number of likely N-dealkylation sites (N-methyl/N-ethyl adjacent to an activating group) is 1. The second-order valence-corrected chi connectivity index (χ2v) is 4.50. The first-order chi connectivity index (χ1) is 6.58. The maximum Gasteiger partial charge on any atom is 0.0319 e. The van der Waals surface area contributed by atoms with E-state index in [1.54, 1.807) is 0 Å². The van der Waals surface area contributed by atoms with Gasteiger partial charge in [0, 0.05) is 11.7 Å². The summed E-state index contributed by atoms with van der Waals surface area (Å²) in [5, 5.41) is 0. The summed E-state index contributed by atoms with van der Waals surface area (Å²) in [7, 11) is 4.30. The summed E-state index contributed by atoms with van der Waals surface area (Å²) in [5.41, 5.74) is 11.1. The van der Waals surface area contributed by atoms with E-state index in [-0.39, 0.29) is 0 Å². The van der Waals surface area contributed by atoms with Crippen LogP contribution < -0.4 is 5.73 Å². The molecule has 2 N–H and O–H groups in total. The van der Waals surface area contributed by atoms with Gasteiger partial charge in [-0.1, -0.05) is 0 Å². The van der Waals surface area contributed by atoms with E-state index in [0.29, 0.717) is 6.04 Å². The number of nitrogens with two attached hydrogens (primary N) is 1. The number of aryl methyl sites for hydroxylation is 1. The van der Waals surface area contributed by atoms with E-state index in [0.717, 1.165) is 12.1 Å². The molecule has 0 bridgehead atoms. The van der Waals surface area contributed by atoms with Gasteiger partial charge in [-0.2, -0.15) is 0 Å². The van der Waals surface area contributed by atoms with E-state index < -0.39 is 0 Å². The van der Waals surface area contributed by atoms with Gasteiger partial charge in [0.15, 0.2) is 0 Å². The third kappa shape index (κ3) is 1.50. The summed E-state index contributed by atoms with van der Waals surface area (Å²) in [6.45, 7) is 2.16. The van der Waals surface area contributed by atoms with Crippen molar-refractivity contribution in [2.45, 2.75) is 25.8 Å². The first-order valence-corrected chi connectivity index (χ1v) is 5.12. The van der Waals surface area contributed by atoms with Crippen molar-refractivity contribution in [1.82, 2.24) is 4.90 Å². The molecule has 1 aromatic carbocycles. The van der Waals surface area contributed by atoms with Crippen molar-refractivity contribution in [2.75, 3.05) is 19.8 Å². The van der Waals surface area contributed by atoms with Crippen LogP contribution in [0.4, 0.5) is 5.69 Å². The summed E-state index contributed by atoms with van der Waals surface area (Å²) < 4.78 is 0. The molecule has 1 atom stereocenters. The minimum absolute atomic E-state index is 0.658. The molecule has 0 fully saturated rings. The van der Waals surface area contributed by atoms with Crippen molar-refractivity contribution in [3.05, 3.63) is 28.8 Å². The normalized spacial score (nSPS) is 20.1. The fourth-order valence-corrected chi connectivity index (χ4v) is 2.32. The number of hydrogen-bond acceptors (Lipinski definition) is 2. The third-order valence-electron chi connectivity index (χ3n) is 3.21. The van der Waals surface area contributed by atoms with Crippen molar-refractivity contribution in [2.24, 2.45) is 0 Å². The van der Waals surface area contributed by atoms with Crippen molar-refractivity contribution < 1.29 is 0 Å². The van der Waals surface area contributed by atoms with Gasteiger partial charge in [0.25, 0.3) is 0 Å². The van der Waals surface area contributed by atoms with Crippen LogP contribution >= 0.6 is 0 Å². The van der Waals surface area contributed by atoms with Gasteiger partial charge in [-0.15, -0.1) is 0 Å². The topological polar surface area (TPSA) is 29.3 Å². The molecule has 2 nitrogen and oxygen atoms in total. The average Bonchev–Trinajstić information content (AvgIpc) is 2.47. The minimum Gasteiger partial charge on any atom is -0.399 e. The monoisotopic (exact) mass is 190 g/mol. The van der Waals surface area contributed by atoms with Crippen molar-refractivity contribution in [1.29, 1.82) is 0 Å². The summed E-state index contributed by atoms with van der Waals surface area (Å²) in [5.74, 6) is 0. The fraction of sp³-hybridized carbons (Fsp3) is 0.500. The van der Waals surface area contributed by atoms with Gasteiger partial charge < -0.3 is 10.6 Å². The summed E-state index contributed by atoms with van der Waals surface area (Å²) in [6.07, 6.45) is 2.32. The molecule has 0 aliphatic heterocycles. The summed E-state index contributed by atoms with van der Waals surface area (Å²) in [4.78, 5) is 2.30. The third-order valence-corrected chi connectivity index (χ3v) is 3.21. The van der Waals surface area contributed by atoms with Crippen LogP contribution in [0, 0.1) is 6.92 Å². The Morgan fingerprint density at radius 3 is 2.64 bits per heavy atom. The zero-order valence-corrected chi connectivity index (χ0v) is 9.17. The SMILES string of the molecule is Cc1cc(N)cc2c1CC(N(C)C)C2. The second kappa shape index (κ2) is 3.28. The number of nitrogen functional groups attached to an aromatic ring is 1. The largest absolute Gasteiger partial charge is 0.399 e. The Bertz CT molecular complexity index is 356. The van der Waals surface area contributed by atoms with Gasteiger partial charge >= 0.3 is 0 Å². The first kappa shape index (κ1) is 9.53. The first-order valence-electron chi connectivity index (χ1n) is 5.12. The number of anilines is 1. The smallest absolute Gasteiger partial charge is 0.0319 e. The van der Waals surface area contributed by atoms with Crippen molar-refractivity contribution >= 4 is 5.69 Å². The molecule has 2 heteroatoms. The highest BCUT2D eigenvalue weighted by Gasteiger charge is 2.24. The number of benzene rings is 1. The minimum atomic E-state index is 0.658. The maximum atomic E-state index is 5.84. The van der Waals surface area contributed by atoms with E-state index in [9.17, 15) is 0 Å². The Hall–Kier alpha value is -1.02. The van der Waals surface area contributed by atoms with Crippen LogP contribution in [-0.2, 0) is 12.8 Å². The molecule has 0 radical (unpaired) electrons. The van der Waals surface area contributed by atoms with Crippen LogP contribution in [0.25, 0.3) is 0 Å². The van der Waals surface area contributed by atoms with Crippen LogP contribution in [0.5, 0.6) is 0 Å². The summed E-state index contributed by atoms with van der Waals surface area (Å²) >= 11 is 0. The van der Waals surface area contributed by atoms with E-state index in [4.69, 9.17) is 5.73 Å². The zero-order chi connectivity index (χ0) is 10.3. The predicted octanol–water partition coefficient (Wildman–Crippen LogP) is 1.61. The maximum absolute atomic E-state index is 5.84. The van der Waals surface area contributed by atoms with E-state index in [1.165, 1.54) is 23.1 Å². The number of rotatable bonds is 1. The molecule has 1 aliphatic rings. The van der Waals surface area contributed by atoms with Crippen LogP contribution in [-0.4, -0.2) is 25.0 Å². The number of fused-ring (bicyclic) bond motifs is 1. The zero-order valence-electron chi connectivity index (χ0n) is 9.17. The van der Waals surface area contributed by atoms with E-state index in [1.807, 2.05) is 0 Å². The quantitative estimate of drug-likeness (QED) is 0.682. The Morgan fingerprint density at radius 2 is 2.00 bits per heavy atom. The molecule has 0 saturated carbocycles. The molecule has 1 unspecified atom stereocenters. The lowest BCUT2D eigenvalue weighted by Crippen LogP contribution is -2.28. The Labute approximate surface area is 85.7 Å². The molecule has 1 aromatic rings. The summed E-state index contributed by atoms with van der Waals surface area (Å²) in [6, 6.07) is 4.87. The van der Waals surface area contributed by atoms with Gasteiger partial charge in [0.05, 0.1) is 0 Å². The van der Waals surface area contributed by atoms with Crippen LogP contribution in [0.2, 0.25) is 0 Å². The van der Waals surface area contributed by atoms with Crippen molar-refractivity contribution in [3.63, 3.8) is 0 Å². The molecule has 0 spiro atoms. The Balaban J connectivity index is 2.35. The molecule has 0 saturated heterocycles. The van der Waals surface area contributed by atoms with E-state index >= 15 is 0 Å². The van der Waals surface area contributed by atoms with Crippen LogP contribution in [0.3, 0.4) is 0 Å². The van der Waals surface area contributed by atoms with Gasteiger partial charge in [-0.3, -0.25) is 0 Å². The van der Waals surface area contributed by atoms with E-state index in [2.05, 4.69) is 38.1 Å². The molecule has 76 valence electrons. The van der Waals surface area contributed by atoms with Crippen molar-refractivity contribution in [3.8, 4) is 0 Å². The Kier molecular flexibility index (Phi) is 2.23. The van der Waals surface area contributed by atoms with Gasteiger partial charge in [0.1, 0.15) is 0 Å². The van der Waals surface area contributed by atoms with Crippen LogP contribution in [0.1, 0.15) is 16.7 Å². The average molecular weight is 190 g/mol. The fourth-order valence-electron chi connectivity index (χ4n) is 2.32. The predicted molar refractivity (Wildman–Crippen MR) is 60.5 cm³/mol. The van der Waals surface area contributed by atoms with Gasteiger partial charge in [-0.05, 0) is 62.7 Å². The molecular formula is C12H18N2. The van der Waals surface area contributed by atoms with Gasteiger partial charge in [-0.25, -0.2) is 0 Å². The highest BCUT2D eigenvalue weighted by atomic mass is 15.1. The lowest BCUT2D eigenvalue weighted by atomic mass is 10.0. The number of nitrogens with zero attached hydrogens (tertiary/aromatic N) is 1. The lowest BCUT2D eigenvalue weighted by molar-refractivity contribution is 0.303. The molecular weight excluding hydrogens is 172 g/mol. The lowest BCUT2D eigenvalue weighted by Gasteiger charge is -2.17. The second-order valence-electron chi connectivity index (χ2n) is 4.50. The Morgan fingerprint density at radius 1 is 1.29 bits per heavy atom. The van der Waals surface area contributed by atoms with Gasteiger partial charge in [0.2, 0.25) is 0 Å². The highest BCUT2D eigenvalue weighted by molar-refractivity contribution is 5.51. The standard InChI is InChI=1S/C12H18N2/c1-8-4-10(13)5-9-6-11(14(2)3)7-12(8)9/h4-5,11H,6-7,13H2,1-3H3.